The van der Waals surface area contributed by atoms with Gasteiger partial charge >= 0.3 is 6.18 Å². The topological polar surface area (TPSA) is 37.3 Å². The monoisotopic (exact) mass is 649 g/mol. The summed E-state index contributed by atoms with van der Waals surface area (Å²) in [6, 6.07) is 27.2. The number of halogens is 5. The van der Waals surface area contributed by atoms with Gasteiger partial charge in [-0.05, 0) is 53.5 Å². The predicted molar refractivity (Wildman–Crippen MR) is 173 cm³/mol. The molecule has 0 bridgehead atoms. The number of hydrogen-bond acceptors (Lipinski definition) is 4. The summed E-state index contributed by atoms with van der Waals surface area (Å²) >= 11 is 0. The largest absolute Gasteiger partial charge is 0.454 e. The van der Waals surface area contributed by atoms with Crippen LogP contribution in [0.5, 0.6) is 11.5 Å². The van der Waals surface area contributed by atoms with Gasteiger partial charge in [0, 0.05) is 44.4 Å². The zero-order valence-electron chi connectivity index (χ0n) is 26.2. The first kappa shape index (κ1) is 33.7. The van der Waals surface area contributed by atoms with Gasteiger partial charge in [0.1, 0.15) is 5.84 Å². The predicted octanol–water partition coefficient (Wildman–Crippen LogP) is 9.20. The average Bonchev–Trinajstić information content (AvgIpc) is 3.53. The molecule has 5 nitrogen and oxygen atoms in total. The highest BCUT2D eigenvalue weighted by Gasteiger charge is 2.34. The molecule has 0 aliphatic carbocycles. The Morgan fingerprint density at radius 3 is 2.19 bits per heavy atom. The number of amidine groups is 1. The van der Waals surface area contributed by atoms with Crippen LogP contribution < -0.4 is 9.47 Å². The lowest BCUT2D eigenvalue weighted by atomic mass is 10.0. The fraction of sp³-hybridized carbons (Fsp3) is 0.270. The molecule has 5 rings (SSSR count). The molecule has 0 atom stereocenters. The molecule has 0 saturated carbocycles. The maximum atomic E-state index is 14.1. The summed E-state index contributed by atoms with van der Waals surface area (Å²) in [7, 11) is 1.97. The van der Waals surface area contributed by atoms with E-state index in [9.17, 15) is 22.0 Å². The van der Waals surface area contributed by atoms with Crippen LogP contribution in [0.2, 0.25) is 0 Å². The molecular weight excluding hydrogens is 613 g/mol. The van der Waals surface area contributed by atoms with Gasteiger partial charge in [-0.15, -0.1) is 0 Å². The summed E-state index contributed by atoms with van der Waals surface area (Å²) in [5.41, 5.74) is 1.48. The number of rotatable bonds is 12. The lowest BCUT2D eigenvalue weighted by Gasteiger charge is -2.25. The minimum absolute atomic E-state index is 0.0786. The summed E-state index contributed by atoms with van der Waals surface area (Å²) in [6.45, 7) is 3.04. The van der Waals surface area contributed by atoms with E-state index in [1.807, 2.05) is 79.9 Å². The highest BCUT2D eigenvalue weighted by Crippen LogP contribution is 2.36. The third-order valence-electron chi connectivity index (χ3n) is 7.72. The van der Waals surface area contributed by atoms with Crippen LogP contribution in [0.4, 0.5) is 22.0 Å². The van der Waals surface area contributed by atoms with E-state index >= 15 is 0 Å². The molecule has 0 aromatic heterocycles. The second-order valence-corrected chi connectivity index (χ2v) is 11.3. The van der Waals surface area contributed by atoms with Crippen LogP contribution >= 0.6 is 0 Å². The molecule has 0 saturated heterocycles. The number of nitrogens with zero attached hydrogens (tertiary/aromatic N) is 3. The minimum atomic E-state index is -4.72. The Kier molecular flexibility index (Phi) is 10.9. The number of fused-ring (bicyclic) bond motifs is 1. The molecule has 0 N–H and O–H groups in total. The molecular formula is C37H36F5N3O2. The smallest absolute Gasteiger partial charge is 0.416 e. The Labute approximate surface area is 271 Å². The molecule has 1 heterocycles. The van der Waals surface area contributed by atoms with E-state index in [0.717, 1.165) is 53.7 Å². The fourth-order valence-electron chi connectivity index (χ4n) is 5.45. The Bertz CT molecular complexity index is 1690. The van der Waals surface area contributed by atoms with Crippen molar-refractivity contribution >= 4 is 11.5 Å². The van der Waals surface area contributed by atoms with E-state index < -0.39 is 23.7 Å². The molecule has 246 valence electrons. The van der Waals surface area contributed by atoms with Gasteiger partial charge in [-0.3, -0.25) is 4.90 Å². The highest BCUT2D eigenvalue weighted by molar-refractivity contribution is 6.01. The van der Waals surface area contributed by atoms with Crippen molar-refractivity contribution in [1.82, 2.24) is 9.80 Å². The minimum Gasteiger partial charge on any atom is -0.454 e. The zero-order valence-corrected chi connectivity index (χ0v) is 26.2. The first-order chi connectivity index (χ1) is 22.6. The van der Waals surface area contributed by atoms with E-state index in [1.54, 1.807) is 17.0 Å². The van der Waals surface area contributed by atoms with Gasteiger partial charge in [-0.2, -0.15) is 13.2 Å². The van der Waals surface area contributed by atoms with Gasteiger partial charge < -0.3 is 14.4 Å². The summed E-state index contributed by atoms with van der Waals surface area (Å²) in [5.74, 6) is 1.86. The van der Waals surface area contributed by atoms with Crippen molar-refractivity contribution in [3.05, 3.63) is 137 Å². The summed E-state index contributed by atoms with van der Waals surface area (Å²) in [5, 5.41) is 0. The quantitative estimate of drug-likeness (QED) is 0.0872. The molecule has 0 unspecified atom stereocenters. The number of alkyl halides is 5. The molecule has 0 fully saturated rings. The standard InChI is InChI=1S/C37H36F5N3O2/c1-3-19-44(2)36(28-12-8-5-9-13-28)43-32(27-10-6-4-7-11-27)18-20-45(23-26-14-17-33-34(21-26)47-25-46-33)24-30-22-29(35(38)39)15-16-31(30)37(40,41)42/h4-18,21-22,35H,3,19-20,23-25H2,1-2H3/b32-18+,43-36?. The molecule has 0 radical (unpaired) electrons. The van der Waals surface area contributed by atoms with Crippen LogP contribution in [-0.2, 0) is 19.3 Å². The van der Waals surface area contributed by atoms with E-state index in [1.165, 1.54) is 0 Å². The van der Waals surface area contributed by atoms with E-state index in [-0.39, 0.29) is 32.0 Å². The van der Waals surface area contributed by atoms with Gasteiger partial charge in [0.2, 0.25) is 6.79 Å². The van der Waals surface area contributed by atoms with Gasteiger partial charge in [-0.25, -0.2) is 13.8 Å². The van der Waals surface area contributed by atoms with Crippen LogP contribution in [0.1, 0.15) is 53.2 Å². The van der Waals surface area contributed by atoms with Gasteiger partial charge in [-0.1, -0.05) is 79.7 Å². The molecule has 47 heavy (non-hydrogen) atoms. The van der Waals surface area contributed by atoms with Crippen molar-refractivity contribution in [2.24, 2.45) is 4.99 Å². The lowest BCUT2D eigenvalue weighted by molar-refractivity contribution is -0.138. The summed E-state index contributed by atoms with van der Waals surface area (Å²) in [4.78, 5) is 8.97. The Morgan fingerprint density at radius 2 is 1.53 bits per heavy atom. The Hall–Kier alpha value is -4.70. The Morgan fingerprint density at radius 1 is 0.851 bits per heavy atom. The zero-order chi connectivity index (χ0) is 33.4. The van der Waals surface area contributed by atoms with Gasteiger partial charge in [0.25, 0.3) is 6.43 Å². The van der Waals surface area contributed by atoms with Gasteiger partial charge in [0.15, 0.2) is 11.5 Å². The summed E-state index contributed by atoms with van der Waals surface area (Å²) < 4.78 is 80.6. The van der Waals surface area contributed by atoms with Crippen molar-refractivity contribution in [3.8, 4) is 11.5 Å². The first-order valence-electron chi connectivity index (χ1n) is 15.3. The van der Waals surface area contributed by atoms with Crippen molar-refractivity contribution < 1.29 is 31.4 Å². The normalized spacial score (nSPS) is 13.5. The second-order valence-electron chi connectivity index (χ2n) is 11.3. The molecule has 4 aromatic carbocycles. The third kappa shape index (κ3) is 8.77. The van der Waals surface area contributed by atoms with Gasteiger partial charge in [0.05, 0.1) is 11.3 Å². The fourth-order valence-corrected chi connectivity index (χ4v) is 5.45. The van der Waals surface area contributed by atoms with Crippen molar-refractivity contribution in [3.63, 3.8) is 0 Å². The highest BCUT2D eigenvalue weighted by atomic mass is 19.4. The van der Waals surface area contributed by atoms with Crippen molar-refractivity contribution in [2.75, 3.05) is 26.9 Å². The maximum Gasteiger partial charge on any atom is 0.416 e. The van der Waals surface area contributed by atoms with E-state index in [2.05, 4.69) is 11.8 Å². The lowest BCUT2D eigenvalue weighted by Crippen LogP contribution is -2.28. The SMILES string of the molecule is CCCN(C)C(=N/C(=C/CN(Cc1ccc2c(c1)OCO2)Cc1cc(C(F)F)ccc1C(F)(F)F)c1ccccc1)c1ccccc1. The van der Waals surface area contributed by atoms with Crippen LogP contribution in [-0.4, -0.2) is 42.6 Å². The average molecular weight is 650 g/mol. The van der Waals surface area contributed by atoms with Crippen molar-refractivity contribution in [2.45, 2.75) is 39.0 Å². The number of hydrogen-bond donors (Lipinski definition) is 0. The molecule has 0 spiro atoms. The first-order valence-corrected chi connectivity index (χ1v) is 15.3. The third-order valence-corrected chi connectivity index (χ3v) is 7.72. The number of ether oxygens (including phenoxy) is 2. The summed E-state index contributed by atoms with van der Waals surface area (Å²) in [6.07, 6.45) is -4.86. The Balaban J connectivity index is 1.58. The van der Waals surface area contributed by atoms with Crippen LogP contribution in [0.25, 0.3) is 5.70 Å². The van der Waals surface area contributed by atoms with Crippen LogP contribution in [0.3, 0.4) is 0 Å². The molecule has 4 aromatic rings. The second kappa shape index (κ2) is 15.3. The molecule has 0 amide bonds. The van der Waals surface area contributed by atoms with Crippen molar-refractivity contribution in [1.29, 1.82) is 0 Å². The van der Waals surface area contributed by atoms with E-state index in [4.69, 9.17) is 14.5 Å². The van der Waals surface area contributed by atoms with Crippen LogP contribution in [0.15, 0.2) is 108 Å². The maximum absolute atomic E-state index is 14.1. The number of aliphatic imine (C=N–C) groups is 1. The molecule has 1 aliphatic heterocycles. The van der Waals surface area contributed by atoms with Crippen LogP contribution in [0, 0.1) is 0 Å². The molecule has 10 heteroatoms. The number of benzene rings is 4. The molecule has 1 aliphatic rings. The van der Waals surface area contributed by atoms with E-state index in [0.29, 0.717) is 17.2 Å².